The summed E-state index contributed by atoms with van der Waals surface area (Å²) < 4.78 is 33.0. The van der Waals surface area contributed by atoms with Crippen molar-refractivity contribution >= 4 is 17.9 Å². The van der Waals surface area contributed by atoms with Crippen molar-refractivity contribution < 1.29 is 93.9 Å². The van der Waals surface area contributed by atoms with Gasteiger partial charge in [0.05, 0.1) is 26.2 Å². The first-order valence-electron chi connectivity index (χ1n) is 12.5. The van der Waals surface area contributed by atoms with Crippen LogP contribution in [0.5, 0.6) is 0 Å². The smallest absolute Gasteiger partial charge is 0.336 e. The van der Waals surface area contributed by atoms with E-state index in [9.17, 15) is 60.3 Å². The summed E-state index contributed by atoms with van der Waals surface area (Å²) in [6.07, 6.45) is -22.7. The monoisotopic (exact) mass is 602 g/mol. The Bertz CT molecular complexity index is 917. The van der Waals surface area contributed by atoms with Crippen LogP contribution in [0.2, 0.25) is 0 Å². The largest absolute Gasteiger partial charge is 0.481 e. The molecule has 0 amide bonds. The molecule has 13 atom stereocenters. The number of aliphatic hydroxyl groups excluding tert-OH is 7. The Kier molecular flexibility index (Phi) is 11.3. The van der Waals surface area contributed by atoms with Gasteiger partial charge in [0.1, 0.15) is 54.9 Å². The normalized spacial score (nSPS) is 40.5. The summed E-state index contributed by atoms with van der Waals surface area (Å²) in [4.78, 5) is 35.0. The van der Waals surface area contributed by atoms with Crippen LogP contribution in [0.1, 0.15) is 19.3 Å². The first-order valence-corrected chi connectivity index (χ1v) is 12.5. The molecule has 3 rings (SSSR count). The minimum Gasteiger partial charge on any atom is -0.481 e. The molecule has 41 heavy (non-hydrogen) atoms. The van der Waals surface area contributed by atoms with Gasteiger partial charge in [-0.1, -0.05) is 0 Å². The second-order valence-electron chi connectivity index (χ2n) is 9.72. The van der Waals surface area contributed by atoms with Crippen LogP contribution in [0.3, 0.4) is 0 Å². The zero-order valence-corrected chi connectivity index (χ0v) is 21.3. The van der Waals surface area contributed by atoms with E-state index >= 15 is 0 Å². The minimum absolute atomic E-state index is 0.725. The van der Waals surface area contributed by atoms with Crippen LogP contribution >= 0.6 is 0 Å². The molecule has 0 radical (unpaired) electrons. The van der Waals surface area contributed by atoms with Crippen LogP contribution < -0.4 is 0 Å². The van der Waals surface area contributed by atoms with E-state index in [2.05, 4.69) is 0 Å². The molecule has 3 fully saturated rings. The SMILES string of the molecule is O=C(O)CCC(CC(=O)O)(O[C@H]1O[C@H](CO)[C@@H](O[C@H]2O[C@H](CO)[C@@H](O)[C@H]2O)[C@H]1O[C@H]1O[C@H](CO)[C@@H](O)[C@H]1O)C(=O)O. The van der Waals surface area contributed by atoms with Gasteiger partial charge in [0.15, 0.2) is 24.5 Å². The third-order valence-corrected chi connectivity index (χ3v) is 6.94. The van der Waals surface area contributed by atoms with Gasteiger partial charge < -0.3 is 79.5 Å². The zero-order chi connectivity index (χ0) is 30.6. The molecule has 236 valence electrons. The van der Waals surface area contributed by atoms with Crippen LogP contribution in [-0.4, -0.2) is 168 Å². The molecule has 0 aromatic carbocycles. The van der Waals surface area contributed by atoms with Crippen molar-refractivity contribution in [1.29, 1.82) is 0 Å². The van der Waals surface area contributed by atoms with Crippen LogP contribution in [0.25, 0.3) is 0 Å². The minimum atomic E-state index is -2.73. The van der Waals surface area contributed by atoms with Gasteiger partial charge in [-0.05, 0) is 6.42 Å². The Hall–Kier alpha value is -2.11. The molecule has 10 N–H and O–H groups in total. The number of aliphatic hydroxyl groups is 7. The van der Waals surface area contributed by atoms with Gasteiger partial charge in [0.25, 0.3) is 0 Å². The first kappa shape index (κ1) is 33.4. The Morgan fingerprint density at radius 3 is 1.49 bits per heavy atom. The lowest BCUT2D eigenvalue weighted by Crippen LogP contribution is -2.52. The summed E-state index contributed by atoms with van der Waals surface area (Å²) in [7, 11) is 0. The van der Waals surface area contributed by atoms with Crippen LogP contribution in [0.15, 0.2) is 0 Å². The molecule has 0 spiro atoms. The lowest BCUT2D eigenvalue weighted by molar-refractivity contribution is -0.281. The van der Waals surface area contributed by atoms with E-state index in [1.165, 1.54) is 0 Å². The Labute approximate surface area is 230 Å². The van der Waals surface area contributed by atoms with E-state index in [4.69, 9.17) is 33.5 Å². The van der Waals surface area contributed by atoms with Gasteiger partial charge in [-0.2, -0.15) is 0 Å². The molecule has 0 aliphatic carbocycles. The maximum absolute atomic E-state index is 12.3. The molecule has 3 aliphatic heterocycles. The highest BCUT2D eigenvalue weighted by Crippen LogP contribution is 2.38. The molecule has 3 heterocycles. The van der Waals surface area contributed by atoms with E-state index in [0.29, 0.717) is 0 Å². The van der Waals surface area contributed by atoms with Gasteiger partial charge in [-0.15, -0.1) is 0 Å². The molecule has 3 aliphatic rings. The van der Waals surface area contributed by atoms with Gasteiger partial charge in [0, 0.05) is 6.42 Å². The highest BCUT2D eigenvalue weighted by atomic mass is 16.8. The highest BCUT2D eigenvalue weighted by molar-refractivity contribution is 5.84. The number of carbonyl (C=O) groups is 3. The summed E-state index contributed by atoms with van der Waals surface area (Å²) in [5.74, 6) is -5.05. The molecule has 0 bridgehead atoms. The number of aliphatic carboxylic acids is 3. The highest BCUT2D eigenvalue weighted by Gasteiger charge is 2.57. The topological polar surface area (TPSA) is 309 Å². The van der Waals surface area contributed by atoms with E-state index in [1.807, 2.05) is 0 Å². The van der Waals surface area contributed by atoms with Gasteiger partial charge in [-0.3, -0.25) is 9.59 Å². The quantitative estimate of drug-likeness (QED) is 0.0835. The predicted molar refractivity (Wildman–Crippen MR) is 122 cm³/mol. The van der Waals surface area contributed by atoms with Gasteiger partial charge >= 0.3 is 17.9 Å². The third kappa shape index (κ3) is 7.28. The molecule has 0 saturated carbocycles. The third-order valence-electron chi connectivity index (χ3n) is 6.94. The van der Waals surface area contributed by atoms with Gasteiger partial charge in [-0.25, -0.2) is 4.79 Å². The summed E-state index contributed by atoms with van der Waals surface area (Å²) in [5.41, 5.74) is -2.73. The second-order valence-corrected chi connectivity index (χ2v) is 9.72. The van der Waals surface area contributed by atoms with E-state index in [-0.39, 0.29) is 0 Å². The first-order chi connectivity index (χ1) is 19.3. The number of rotatable bonds is 15. The summed E-state index contributed by atoms with van der Waals surface area (Å²) in [6.45, 7) is -2.36. The molecular formula is C22H34O19. The molecule has 19 heteroatoms. The molecule has 19 nitrogen and oxygen atoms in total. The maximum atomic E-state index is 12.3. The lowest BCUT2D eigenvalue weighted by atomic mass is 9.93. The van der Waals surface area contributed by atoms with Crippen LogP contribution in [0.4, 0.5) is 0 Å². The predicted octanol–water partition coefficient (Wildman–Crippen LogP) is -5.47. The van der Waals surface area contributed by atoms with Crippen molar-refractivity contribution in [1.82, 2.24) is 0 Å². The summed E-state index contributed by atoms with van der Waals surface area (Å²) >= 11 is 0. The van der Waals surface area contributed by atoms with Crippen molar-refractivity contribution in [3.05, 3.63) is 0 Å². The van der Waals surface area contributed by atoms with E-state index in [0.717, 1.165) is 0 Å². The molecule has 1 unspecified atom stereocenters. The van der Waals surface area contributed by atoms with Gasteiger partial charge in [0.2, 0.25) is 0 Å². The van der Waals surface area contributed by atoms with Crippen molar-refractivity contribution in [3.63, 3.8) is 0 Å². The average Bonchev–Trinajstić information content (AvgIpc) is 3.49. The van der Waals surface area contributed by atoms with Crippen LogP contribution in [0, 0.1) is 0 Å². The van der Waals surface area contributed by atoms with Crippen molar-refractivity contribution in [2.24, 2.45) is 0 Å². The lowest BCUT2D eigenvalue weighted by Gasteiger charge is -2.34. The molecule has 0 aromatic rings. The van der Waals surface area contributed by atoms with Crippen molar-refractivity contribution in [2.75, 3.05) is 19.8 Å². The van der Waals surface area contributed by atoms with E-state index < -0.39 is 136 Å². The fraction of sp³-hybridized carbons (Fsp3) is 0.864. The second kappa shape index (κ2) is 13.9. The Balaban J connectivity index is 1.97. The van der Waals surface area contributed by atoms with Crippen molar-refractivity contribution in [3.8, 4) is 0 Å². The van der Waals surface area contributed by atoms with E-state index in [1.54, 1.807) is 0 Å². The zero-order valence-electron chi connectivity index (χ0n) is 21.3. The van der Waals surface area contributed by atoms with Crippen molar-refractivity contribution in [2.45, 2.75) is 98.7 Å². The van der Waals surface area contributed by atoms with Crippen LogP contribution in [-0.2, 0) is 42.8 Å². The number of hydrogen-bond donors (Lipinski definition) is 10. The molecular weight excluding hydrogens is 568 g/mol. The number of carboxylic acids is 3. The fourth-order valence-electron chi connectivity index (χ4n) is 4.70. The number of ether oxygens (including phenoxy) is 6. The standard InChI is InChI=1S/C22H34O19/c23-4-7-12(30)14(32)18(36-7)39-16-9(6-25)38-20(17(16)40-19-15(33)13(31)8(5-24)37-19)41-22(21(34)35,3-11(28)29)2-1-10(26)27/h7-9,12-20,23-25,30-33H,1-6H2,(H,26,27)(H,28,29)(H,34,35)/t7-,8-,9-,12-,13-,14-,15-,16-,17-,18-,19-,20-,22?/m1/s1. The summed E-state index contributed by atoms with van der Waals surface area (Å²) in [5, 5.41) is 98.0. The number of hydrogen-bond acceptors (Lipinski definition) is 16. The molecule has 3 saturated heterocycles. The molecule has 0 aromatic heterocycles. The Morgan fingerprint density at radius 2 is 1.10 bits per heavy atom. The summed E-state index contributed by atoms with van der Waals surface area (Å²) in [6, 6.07) is 0. The maximum Gasteiger partial charge on any atom is 0.336 e. The average molecular weight is 602 g/mol. The fourth-order valence-corrected chi connectivity index (χ4v) is 4.70. The Morgan fingerprint density at radius 1 is 0.634 bits per heavy atom. The number of carboxylic acid groups (broad SMARTS) is 3.